The number of halogens is 1. The predicted molar refractivity (Wildman–Crippen MR) is 81.2 cm³/mol. The molecule has 6 nitrogen and oxygen atoms in total. The fraction of sp³-hybridized carbons (Fsp3) is 0.200. The van der Waals surface area contributed by atoms with Crippen LogP contribution >= 0.6 is 11.3 Å². The third-order valence-corrected chi connectivity index (χ3v) is 4.01. The molecule has 0 spiro atoms. The maximum atomic E-state index is 14.6. The molecule has 2 rings (SSSR count). The summed E-state index contributed by atoms with van der Waals surface area (Å²) in [5.41, 5.74) is 0. The van der Waals surface area contributed by atoms with Crippen LogP contribution in [0.5, 0.6) is 11.5 Å². The van der Waals surface area contributed by atoms with Crippen molar-refractivity contribution in [1.82, 2.24) is 5.06 Å². The molecule has 2 aromatic rings. The van der Waals surface area contributed by atoms with E-state index >= 15 is 0 Å². The van der Waals surface area contributed by atoms with Crippen molar-refractivity contribution in [1.29, 1.82) is 0 Å². The topological polar surface area (TPSA) is 65.1 Å². The molecule has 0 unspecified atom stereocenters. The van der Waals surface area contributed by atoms with E-state index < -0.39 is 17.7 Å². The monoisotopic (exact) mass is 339 g/mol. The Morgan fingerprint density at radius 3 is 2.35 bits per heavy atom. The van der Waals surface area contributed by atoms with Crippen LogP contribution in [0.3, 0.4) is 0 Å². The number of carbonyl (C=O) groups is 2. The Hall–Kier alpha value is -2.45. The third-order valence-electron chi connectivity index (χ3n) is 2.90. The average Bonchev–Trinajstić information content (AvgIpc) is 2.90. The van der Waals surface area contributed by atoms with E-state index in [0.717, 1.165) is 12.2 Å². The number of rotatable bonds is 5. The Labute approximate surface area is 135 Å². The minimum absolute atomic E-state index is 0.137. The summed E-state index contributed by atoms with van der Waals surface area (Å²) in [6.45, 7) is 0. The minimum Gasteiger partial charge on any atom is -0.465 e. The zero-order chi connectivity index (χ0) is 17.0. The highest BCUT2D eigenvalue weighted by atomic mass is 32.1. The molecule has 0 atom stereocenters. The van der Waals surface area contributed by atoms with E-state index in [9.17, 15) is 14.0 Å². The van der Waals surface area contributed by atoms with Crippen LogP contribution in [0.25, 0.3) is 0 Å². The van der Waals surface area contributed by atoms with Gasteiger partial charge < -0.3 is 9.47 Å². The number of thiophene rings is 1. The molecule has 0 saturated heterocycles. The second-order valence-corrected chi connectivity index (χ2v) is 5.32. The van der Waals surface area contributed by atoms with Gasteiger partial charge in [-0.1, -0.05) is 18.2 Å². The molecule has 0 N–H and O–H groups in total. The van der Waals surface area contributed by atoms with Gasteiger partial charge in [0, 0.05) is 7.05 Å². The SMILES string of the molecule is COC(=O)c1sc(C(=O)N(C)OC)c(F)c1Oc1ccccc1. The van der Waals surface area contributed by atoms with E-state index in [0.29, 0.717) is 17.1 Å². The molecule has 23 heavy (non-hydrogen) atoms. The maximum Gasteiger partial charge on any atom is 0.352 e. The van der Waals surface area contributed by atoms with Crippen LogP contribution in [0.2, 0.25) is 0 Å². The van der Waals surface area contributed by atoms with Gasteiger partial charge in [-0.15, -0.1) is 11.3 Å². The van der Waals surface area contributed by atoms with Gasteiger partial charge in [0.2, 0.25) is 0 Å². The first-order valence-electron chi connectivity index (χ1n) is 6.45. The van der Waals surface area contributed by atoms with Gasteiger partial charge in [0.25, 0.3) is 5.91 Å². The fourth-order valence-electron chi connectivity index (χ4n) is 1.68. The standard InChI is InChI=1S/C15H14FNO5S/c1-17(21-3)14(18)12-10(16)11(13(23-12)15(19)20-2)22-9-7-5-4-6-8-9/h4-8H,1-3H3. The molecule has 1 amide bonds. The molecule has 0 radical (unpaired) electrons. The van der Waals surface area contributed by atoms with Gasteiger partial charge in [-0.3, -0.25) is 9.63 Å². The van der Waals surface area contributed by atoms with Crippen LogP contribution < -0.4 is 4.74 Å². The Bertz CT molecular complexity index is 716. The molecule has 0 fully saturated rings. The Morgan fingerprint density at radius 1 is 1.13 bits per heavy atom. The van der Waals surface area contributed by atoms with Crippen LogP contribution in [-0.4, -0.2) is 38.2 Å². The first kappa shape index (κ1) is 16.9. The zero-order valence-corrected chi connectivity index (χ0v) is 13.5. The van der Waals surface area contributed by atoms with Gasteiger partial charge in [-0.05, 0) is 12.1 Å². The quantitative estimate of drug-likeness (QED) is 0.619. The largest absolute Gasteiger partial charge is 0.465 e. The van der Waals surface area contributed by atoms with Crippen molar-refractivity contribution in [3.8, 4) is 11.5 Å². The molecular formula is C15H14FNO5S. The van der Waals surface area contributed by atoms with Gasteiger partial charge in [0.1, 0.15) is 10.6 Å². The molecule has 0 saturated carbocycles. The molecule has 1 heterocycles. The first-order chi connectivity index (χ1) is 11.0. The number of hydroxylamine groups is 2. The summed E-state index contributed by atoms with van der Waals surface area (Å²) < 4.78 is 24.6. The molecule has 8 heteroatoms. The Morgan fingerprint density at radius 2 is 1.78 bits per heavy atom. The molecule has 0 aliphatic carbocycles. The van der Waals surface area contributed by atoms with Gasteiger partial charge in [0.05, 0.1) is 14.2 Å². The number of hydrogen-bond acceptors (Lipinski definition) is 6. The second-order valence-electron chi connectivity index (χ2n) is 4.30. The molecule has 122 valence electrons. The van der Waals surface area contributed by atoms with E-state index in [1.807, 2.05) is 0 Å². The molecule has 0 aliphatic heterocycles. The highest BCUT2D eigenvalue weighted by Crippen LogP contribution is 2.38. The number of esters is 1. The first-order valence-corrected chi connectivity index (χ1v) is 7.26. The van der Waals surface area contributed by atoms with E-state index in [1.54, 1.807) is 30.3 Å². The lowest BCUT2D eigenvalue weighted by molar-refractivity contribution is -0.0756. The van der Waals surface area contributed by atoms with Crippen LogP contribution in [0, 0.1) is 5.82 Å². The number of amides is 1. The van der Waals surface area contributed by atoms with Crippen molar-refractivity contribution < 1.29 is 28.3 Å². The smallest absolute Gasteiger partial charge is 0.352 e. The normalized spacial score (nSPS) is 10.3. The molecular weight excluding hydrogens is 325 g/mol. The van der Waals surface area contributed by atoms with Gasteiger partial charge in [-0.2, -0.15) is 0 Å². The van der Waals surface area contributed by atoms with Crippen molar-refractivity contribution in [2.75, 3.05) is 21.3 Å². The van der Waals surface area contributed by atoms with Gasteiger partial charge >= 0.3 is 5.97 Å². The summed E-state index contributed by atoms with van der Waals surface area (Å²) in [7, 11) is 3.76. The van der Waals surface area contributed by atoms with Gasteiger partial charge in [-0.25, -0.2) is 14.2 Å². The lowest BCUT2D eigenvalue weighted by Crippen LogP contribution is -2.25. The highest BCUT2D eigenvalue weighted by molar-refractivity contribution is 7.16. The minimum atomic E-state index is -0.937. The van der Waals surface area contributed by atoms with Crippen molar-refractivity contribution in [2.24, 2.45) is 0 Å². The van der Waals surface area contributed by atoms with Crippen molar-refractivity contribution in [2.45, 2.75) is 0 Å². The summed E-state index contributed by atoms with van der Waals surface area (Å²) in [6.07, 6.45) is 0. The van der Waals surface area contributed by atoms with E-state index in [4.69, 9.17) is 9.57 Å². The third kappa shape index (κ3) is 3.49. The second kappa shape index (κ2) is 7.21. The van der Waals surface area contributed by atoms with Gasteiger partial charge in [0.15, 0.2) is 16.4 Å². The van der Waals surface area contributed by atoms with E-state index in [2.05, 4.69) is 4.74 Å². The molecule has 0 aliphatic rings. The molecule has 1 aromatic carbocycles. The van der Waals surface area contributed by atoms with Crippen LogP contribution in [0.4, 0.5) is 4.39 Å². The summed E-state index contributed by atoms with van der Waals surface area (Å²) in [5, 5.41) is 0.849. The van der Waals surface area contributed by atoms with E-state index in [-0.39, 0.29) is 15.5 Å². The number of carbonyl (C=O) groups excluding carboxylic acids is 2. The number of ether oxygens (including phenoxy) is 2. The fourth-order valence-corrected chi connectivity index (χ4v) is 2.68. The number of nitrogens with zero attached hydrogens (tertiary/aromatic N) is 1. The van der Waals surface area contributed by atoms with Crippen molar-refractivity contribution in [3.05, 3.63) is 45.9 Å². The predicted octanol–water partition coefficient (Wildman–Crippen LogP) is 3.10. The lowest BCUT2D eigenvalue weighted by Gasteiger charge is -2.11. The van der Waals surface area contributed by atoms with Crippen LogP contribution in [0.15, 0.2) is 30.3 Å². The average molecular weight is 339 g/mol. The van der Waals surface area contributed by atoms with E-state index in [1.165, 1.54) is 14.2 Å². The summed E-state index contributed by atoms with van der Waals surface area (Å²) in [4.78, 5) is 28.2. The zero-order valence-electron chi connectivity index (χ0n) is 12.7. The lowest BCUT2D eigenvalue weighted by atomic mass is 10.3. The summed E-state index contributed by atoms with van der Waals surface area (Å²) in [5.74, 6) is -2.48. The maximum absolute atomic E-state index is 14.6. The summed E-state index contributed by atoms with van der Waals surface area (Å²) in [6, 6.07) is 8.35. The van der Waals surface area contributed by atoms with Crippen LogP contribution in [0.1, 0.15) is 19.3 Å². The summed E-state index contributed by atoms with van der Waals surface area (Å²) >= 11 is 0.644. The number of benzene rings is 1. The number of para-hydroxylation sites is 1. The molecule has 1 aromatic heterocycles. The van der Waals surface area contributed by atoms with Crippen molar-refractivity contribution in [3.63, 3.8) is 0 Å². The van der Waals surface area contributed by atoms with Crippen LogP contribution in [-0.2, 0) is 9.57 Å². The highest BCUT2D eigenvalue weighted by Gasteiger charge is 2.30. The molecule has 0 bridgehead atoms. The Balaban J connectivity index is 2.48. The number of hydrogen-bond donors (Lipinski definition) is 0. The number of methoxy groups -OCH3 is 1. The van der Waals surface area contributed by atoms with Crippen molar-refractivity contribution >= 4 is 23.2 Å². The Kier molecular flexibility index (Phi) is 5.30.